The number of carbonyl (C=O) groups is 1. The molecule has 1 aliphatic heterocycles. The lowest BCUT2D eigenvalue weighted by atomic mass is 9.57. The van der Waals surface area contributed by atoms with Gasteiger partial charge < -0.3 is 14.5 Å². The van der Waals surface area contributed by atoms with E-state index in [1.165, 1.54) is 31.5 Å². The van der Waals surface area contributed by atoms with Crippen LogP contribution in [0.25, 0.3) is 0 Å². The number of carbonyl (C=O) groups excluding carboxylic acids is 1. The highest BCUT2D eigenvalue weighted by atomic mass is 35.5. The van der Waals surface area contributed by atoms with Crippen molar-refractivity contribution in [2.24, 2.45) is 17.8 Å². The Morgan fingerprint density at radius 3 is 2.63 bits per heavy atom. The molecule has 0 N–H and O–H groups in total. The van der Waals surface area contributed by atoms with Crippen molar-refractivity contribution >= 4 is 29.1 Å². The Morgan fingerprint density at radius 1 is 1.11 bits per heavy atom. The third kappa shape index (κ3) is 6.18. The van der Waals surface area contributed by atoms with Gasteiger partial charge in [0.15, 0.2) is 0 Å². The summed E-state index contributed by atoms with van der Waals surface area (Å²) in [4.78, 5) is 18.8. The lowest BCUT2D eigenvalue weighted by Gasteiger charge is -2.55. The highest BCUT2D eigenvalue weighted by Crippen LogP contribution is 2.51. The number of fused-ring (bicyclic) bond motifs is 1. The Hall–Kier alpha value is -1.75. The number of rotatable bonds is 9. The van der Waals surface area contributed by atoms with Crippen LogP contribution in [0.1, 0.15) is 63.5 Å². The van der Waals surface area contributed by atoms with Gasteiger partial charge in [-0.2, -0.15) is 0 Å². The maximum atomic E-state index is 13.8. The van der Waals surface area contributed by atoms with Crippen molar-refractivity contribution in [1.29, 1.82) is 0 Å². The molecule has 1 amide bonds. The minimum Gasteiger partial charge on any atom is -0.497 e. The van der Waals surface area contributed by atoms with E-state index in [4.69, 9.17) is 27.9 Å². The molecule has 3 fully saturated rings. The smallest absolute Gasteiger partial charge is 0.227 e. The van der Waals surface area contributed by atoms with E-state index in [9.17, 15) is 4.79 Å². The molecule has 5 rings (SSSR count). The second-order valence-corrected chi connectivity index (χ2v) is 13.2. The second-order valence-electron chi connectivity index (χ2n) is 12.3. The molecule has 3 atom stereocenters. The molecule has 38 heavy (non-hydrogen) atoms. The van der Waals surface area contributed by atoms with Crippen molar-refractivity contribution in [2.45, 2.75) is 70.3 Å². The first-order valence-corrected chi connectivity index (χ1v) is 15.1. The van der Waals surface area contributed by atoms with E-state index < -0.39 is 0 Å². The third-order valence-electron chi connectivity index (χ3n) is 9.10. The maximum Gasteiger partial charge on any atom is 0.227 e. The number of likely N-dealkylation sites (tertiary alicyclic amines) is 1. The topological polar surface area (TPSA) is 32.8 Å². The summed E-state index contributed by atoms with van der Waals surface area (Å²) in [5, 5.41) is 1.02. The van der Waals surface area contributed by atoms with E-state index in [-0.39, 0.29) is 17.4 Å². The molecule has 0 bridgehead atoms. The van der Waals surface area contributed by atoms with Crippen molar-refractivity contribution < 1.29 is 9.53 Å². The van der Waals surface area contributed by atoms with Gasteiger partial charge in [-0.25, -0.2) is 0 Å². The number of hydrogen-bond acceptors (Lipinski definition) is 3. The Bertz CT molecular complexity index is 1130. The lowest BCUT2D eigenvalue weighted by Crippen LogP contribution is -2.57. The Balaban J connectivity index is 1.42. The highest BCUT2D eigenvalue weighted by Gasteiger charge is 2.50. The molecule has 4 nitrogen and oxygen atoms in total. The van der Waals surface area contributed by atoms with Crippen LogP contribution in [0, 0.1) is 17.8 Å². The Kier molecular flexibility index (Phi) is 8.62. The molecule has 0 spiro atoms. The Morgan fingerprint density at radius 2 is 1.92 bits per heavy atom. The summed E-state index contributed by atoms with van der Waals surface area (Å²) in [7, 11) is 1.75. The van der Waals surface area contributed by atoms with Crippen molar-refractivity contribution in [3.8, 4) is 5.75 Å². The average molecular weight is 558 g/mol. The minimum absolute atomic E-state index is 0.0661. The summed E-state index contributed by atoms with van der Waals surface area (Å²) >= 11 is 12.4. The number of nitrogens with zero attached hydrogens (tertiary/aromatic N) is 2. The molecule has 0 aromatic heterocycles. The molecule has 2 aromatic rings. The Labute approximate surface area is 238 Å². The largest absolute Gasteiger partial charge is 0.497 e. The first-order chi connectivity index (χ1) is 18.3. The summed E-state index contributed by atoms with van der Waals surface area (Å²) in [5.41, 5.74) is 2.37. The van der Waals surface area contributed by atoms with Crippen LogP contribution in [0.15, 0.2) is 42.5 Å². The quantitative estimate of drug-likeness (QED) is 0.326. The van der Waals surface area contributed by atoms with E-state index in [2.05, 4.69) is 41.8 Å². The number of amides is 1. The first-order valence-electron chi connectivity index (χ1n) is 14.4. The van der Waals surface area contributed by atoms with Crippen LogP contribution in [0.5, 0.6) is 5.75 Å². The molecule has 6 heteroatoms. The molecular weight excluding hydrogens is 515 g/mol. The highest BCUT2D eigenvalue weighted by molar-refractivity contribution is 6.42. The number of benzene rings is 2. The zero-order valence-corrected chi connectivity index (χ0v) is 24.6. The predicted molar refractivity (Wildman–Crippen MR) is 156 cm³/mol. The van der Waals surface area contributed by atoms with Crippen LogP contribution < -0.4 is 4.74 Å². The average Bonchev–Trinajstić information content (AvgIpc) is 3.73. The van der Waals surface area contributed by atoms with Crippen molar-refractivity contribution in [3.05, 3.63) is 63.6 Å². The third-order valence-corrected chi connectivity index (χ3v) is 9.84. The first kappa shape index (κ1) is 27.8. The molecule has 0 radical (unpaired) electrons. The zero-order chi connectivity index (χ0) is 26.9. The molecule has 1 saturated heterocycles. The van der Waals surface area contributed by atoms with Crippen molar-refractivity contribution in [3.63, 3.8) is 0 Å². The van der Waals surface area contributed by atoms with Gasteiger partial charge in [-0.15, -0.1) is 0 Å². The second kappa shape index (κ2) is 11.8. The van der Waals surface area contributed by atoms with Crippen LogP contribution in [-0.4, -0.2) is 55.0 Å². The van der Waals surface area contributed by atoms with Gasteiger partial charge >= 0.3 is 0 Å². The van der Waals surface area contributed by atoms with Crippen LogP contribution in [0.2, 0.25) is 10.0 Å². The van der Waals surface area contributed by atoms with Gasteiger partial charge in [0, 0.05) is 31.1 Å². The fraction of sp³-hybridized carbons (Fsp3) is 0.594. The number of ether oxygens (including phenoxy) is 1. The fourth-order valence-corrected chi connectivity index (χ4v) is 7.31. The maximum absolute atomic E-state index is 13.8. The number of methoxy groups -OCH3 is 1. The molecular formula is C32H42Cl2N2O2. The van der Waals surface area contributed by atoms with Gasteiger partial charge in [0.2, 0.25) is 5.91 Å². The molecule has 2 aromatic carbocycles. The summed E-state index contributed by atoms with van der Waals surface area (Å²) in [5.74, 6) is 3.03. The lowest BCUT2D eigenvalue weighted by molar-refractivity contribution is -0.135. The predicted octanol–water partition coefficient (Wildman–Crippen LogP) is 7.25. The standard InChI is InChI=1S/C32H42Cl2N2O2/c1-22(2)19-36(31(37)16-24-9-12-29(33)30(34)15-24)27-11-10-26-21-35(20-23-7-8-23)14-13-32(26,18-27)25-5-4-6-28(17-25)38-3/h4-6,9,12,15,17,22-23,26-27H,7-8,10-11,13-14,16,18-21H2,1-3H3. The van der Waals surface area contributed by atoms with Crippen LogP contribution in [-0.2, 0) is 16.6 Å². The van der Waals surface area contributed by atoms with E-state index in [0.29, 0.717) is 28.3 Å². The summed E-state index contributed by atoms with van der Waals surface area (Å²) < 4.78 is 5.66. The zero-order valence-electron chi connectivity index (χ0n) is 23.1. The molecule has 206 valence electrons. The number of piperidine rings is 1. The van der Waals surface area contributed by atoms with E-state index in [1.807, 2.05) is 18.2 Å². The number of halogens is 2. The van der Waals surface area contributed by atoms with Gasteiger partial charge in [-0.05, 0) is 98.2 Å². The molecule has 3 aliphatic rings. The summed E-state index contributed by atoms with van der Waals surface area (Å²) in [6, 6.07) is 14.5. The van der Waals surface area contributed by atoms with Crippen molar-refractivity contribution in [2.75, 3.05) is 33.3 Å². The monoisotopic (exact) mass is 556 g/mol. The molecule has 1 heterocycles. The van der Waals surface area contributed by atoms with Gasteiger partial charge in [-0.1, -0.05) is 55.2 Å². The van der Waals surface area contributed by atoms with Gasteiger partial charge in [0.05, 0.1) is 23.6 Å². The molecule has 3 unspecified atom stereocenters. The summed E-state index contributed by atoms with van der Waals surface area (Å²) in [6.07, 6.45) is 7.52. The number of hydrogen-bond donors (Lipinski definition) is 0. The van der Waals surface area contributed by atoms with E-state index in [1.54, 1.807) is 13.2 Å². The van der Waals surface area contributed by atoms with Gasteiger partial charge in [-0.3, -0.25) is 4.79 Å². The SMILES string of the molecule is COc1cccc(C23CCN(CC4CC4)CC2CCC(N(CC(C)C)C(=O)Cc2ccc(Cl)c(Cl)c2)C3)c1. The molecule has 2 saturated carbocycles. The van der Waals surface area contributed by atoms with Crippen LogP contribution in [0.4, 0.5) is 0 Å². The van der Waals surface area contributed by atoms with Crippen molar-refractivity contribution in [1.82, 2.24) is 9.80 Å². The fourth-order valence-electron chi connectivity index (χ4n) is 6.99. The normalized spacial score (nSPS) is 25.7. The van der Waals surface area contributed by atoms with E-state index in [0.717, 1.165) is 56.0 Å². The van der Waals surface area contributed by atoms with Gasteiger partial charge in [0.1, 0.15) is 5.75 Å². The van der Waals surface area contributed by atoms with E-state index >= 15 is 0 Å². The summed E-state index contributed by atoms with van der Waals surface area (Å²) in [6.45, 7) is 8.76. The van der Waals surface area contributed by atoms with Crippen LogP contribution in [0.3, 0.4) is 0 Å². The molecule has 2 aliphatic carbocycles. The van der Waals surface area contributed by atoms with Gasteiger partial charge in [0.25, 0.3) is 0 Å². The van der Waals surface area contributed by atoms with Crippen LogP contribution >= 0.6 is 23.2 Å². The minimum atomic E-state index is 0.0661.